The molecule has 0 aliphatic carbocycles. The molecule has 0 spiro atoms. The van der Waals surface area contributed by atoms with Crippen LogP contribution in [0.4, 0.5) is 0 Å². The van der Waals surface area contributed by atoms with Gasteiger partial charge in [-0.05, 0) is 41.5 Å². The van der Waals surface area contributed by atoms with Gasteiger partial charge in [-0.2, -0.15) is 0 Å². The van der Waals surface area contributed by atoms with Crippen LogP contribution in [0, 0.1) is 6.92 Å². The molecule has 0 aliphatic rings. The molecule has 0 radical (unpaired) electrons. The smallest absolute Gasteiger partial charge is 0.117 e. The van der Waals surface area contributed by atoms with E-state index in [1.54, 1.807) is 23.5 Å². The van der Waals surface area contributed by atoms with E-state index in [0.29, 0.717) is 5.75 Å². The average Bonchev–Trinajstić information content (AvgIpc) is 2.32. The van der Waals surface area contributed by atoms with Crippen molar-refractivity contribution in [3.8, 4) is 5.75 Å². The van der Waals surface area contributed by atoms with Crippen molar-refractivity contribution >= 4 is 21.4 Å². The van der Waals surface area contributed by atoms with E-state index >= 15 is 0 Å². The predicted molar refractivity (Wildman–Crippen MR) is 48.2 cm³/mol. The van der Waals surface area contributed by atoms with E-state index in [2.05, 4.69) is 12.3 Å². The Balaban J connectivity index is 2.86. The molecule has 0 amide bonds. The van der Waals surface area contributed by atoms with Gasteiger partial charge in [0.1, 0.15) is 5.75 Å². The lowest BCUT2D eigenvalue weighted by atomic mass is 10.2. The molecule has 1 heterocycles. The highest BCUT2D eigenvalue weighted by Crippen LogP contribution is 2.28. The first-order chi connectivity index (χ1) is 5.27. The van der Waals surface area contributed by atoms with Crippen molar-refractivity contribution in [1.29, 1.82) is 0 Å². The lowest BCUT2D eigenvalue weighted by Crippen LogP contribution is -1.66. The molecule has 1 aromatic carbocycles. The molecule has 1 N–H and O–H groups in total. The number of hydrogen-bond acceptors (Lipinski definition) is 2. The maximum Gasteiger partial charge on any atom is 0.117 e. The minimum Gasteiger partial charge on any atom is -0.508 e. The summed E-state index contributed by atoms with van der Waals surface area (Å²) in [5, 5.41) is 12.5. The van der Waals surface area contributed by atoms with Gasteiger partial charge in [-0.3, -0.25) is 0 Å². The molecule has 0 aliphatic heterocycles. The third kappa shape index (κ3) is 0.994. The van der Waals surface area contributed by atoms with E-state index in [0.717, 1.165) is 4.70 Å². The minimum absolute atomic E-state index is 0.347. The van der Waals surface area contributed by atoms with E-state index in [-0.39, 0.29) is 0 Å². The molecule has 1 nitrogen and oxygen atoms in total. The highest BCUT2D eigenvalue weighted by Gasteiger charge is 1.99. The zero-order chi connectivity index (χ0) is 7.84. The lowest BCUT2D eigenvalue weighted by Gasteiger charge is -1.91. The van der Waals surface area contributed by atoms with Crippen molar-refractivity contribution in [1.82, 2.24) is 0 Å². The Bertz CT molecular complexity index is 389. The molecule has 0 fully saturated rings. The number of thiophene rings is 1. The fourth-order valence-electron chi connectivity index (χ4n) is 1.15. The topological polar surface area (TPSA) is 20.2 Å². The average molecular weight is 164 g/mol. The lowest BCUT2D eigenvalue weighted by molar-refractivity contribution is 0.476. The van der Waals surface area contributed by atoms with E-state index in [4.69, 9.17) is 5.11 Å². The fraction of sp³-hybridized carbons (Fsp3) is 0.111. The number of aryl methyl sites for hydroxylation is 1. The second-order valence-electron chi connectivity index (χ2n) is 2.60. The van der Waals surface area contributed by atoms with Gasteiger partial charge in [0.25, 0.3) is 0 Å². The van der Waals surface area contributed by atoms with Gasteiger partial charge < -0.3 is 5.11 Å². The summed E-state index contributed by atoms with van der Waals surface area (Å²) in [6.45, 7) is 2.08. The number of hydrogen-bond donors (Lipinski definition) is 1. The van der Waals surface area contributed by atoms with Gasteiger partial charge in [-0.25, -0.2) is 0 Å². The number of benzene rings is 1. The Labute approximate surface area is 68.9 Å². The molecular weight excluding hydrogens is 156 g/mol. The van der Waals surface area contributed by atoms with Gasteiger partial charge in [-0.1, -0.05) is 0 Å². The quantitative estimate of drug-likeness (QED) is 0.634. The summed E-state index contributed by atoms with van der Waals surface area (Å²) in [5.74, 6) is 0.347. The molecule has 0 bridgehead atoms. The first-order valence-corrected chi connectivity index (χ1v) is 4.32. The largest absolute Gasteiger partial charge is 0.508 e. The standard InChI is InChI=1S/C9H8OS/c1-6-5-11-9-4-7(10)2-3-8(6)9/h2-5,10H,1H3. The molecule has 2 aromatic rings. The molecule has 0 saturated carbocycles. The summed E-state index contributed by atoms with van der Waals surface area (Å²) in [5.41, 5.74) is 1.28. The number of rotatable bonds is 0. The van der Waals surface area contributed by atoms with Crippen LogP contribution in [0.3, 0.4) is 0 Å². The van der Waals surface area contributed by atoms with Gasteiger partial charge in [0, 0.05) is 4.70 Å². The third-order valence-corrected chi connectivity index (χ3v) is 2.82. The van der Waals surface area contributed by atoms with Gasteiger partial charge in [0.15, 0.2) is 0 Å². The van der Waals surface area contributed by atoms with Crippen LogP contribution >= 0.6 is 11.3 Å². The molecule has 2 heteroatoms. The Hall–Kier alpha value is -1.02. The Morgan fingerprint density at radius 1 is 1.36 bits per heavy atom. The number of fused-ring (bicyclic) bond motifs is 1. The minimum atomic E-state index is 0.347. The van der Waals surface area contributed by atoms with E-state index in [1.165, 1.54) is 10.9 Å². The molecule has 1 aromatic heterocycles. The summed E-state index contributed by atoms with van der Waals surface area (Å²) < 4.78 is 1.16. The first kappa shape index (κ1) is 6.68. The van der Waals surface area contributed by atoms with E-state index in [1.807, 2.05) is 6.07 Å². The zero-order valence-electron chi connectivity index (χ0n) is 6.16. The molecule has 2 rings (SSSR count). The highest BCUT2D eigenvalue weighted by molar-refractivity contribution is 7.17. The Morgan fingerprint density at radius 2 is 2.18 bits per heavy atom. The normalized spacial score (nSPS) is 10.6. The molecule has 0 unspecified atom stereocenters. The van der Waals surface area contributed by atoms with Gasteiger partial charge in [0.2, 0.25) is 0 Å². The summed E-state index contributed by atoms with van der Waals surface area (Å²) in [7, 11) is 0. The fourth-order valence-corrected chi connectivity index (χ4v) is 2.13. The van der Waals surface area contributed by atoms with Crippen LogP contribution in [0.2, 0.25) is 0 Å². The monoisotopic (exact) mass is 164 g/mol. The highest BCUT2D eigenvalue weighted by atomic mass is 32.1. The summed E-state index contributed by atoms with van der Waals surface area (Å²) in [4.78, 5) is 0. The van der Waals surface area contributed by atoms with Crippen LogP contribution < -0.4 is 0 Å². The molecular formula is C9H8OS. The van der Waals surface area contributed by atoms with Crippen LogP contribution in [0.1, 0.15) is 5.56 Å². The van der Waals surface area contributed by atoms with Crippen molar-refractivity contribution in [2.24, 2.45) is 0 Å². The maximum atomic E-state index is 9.15. The van der Waals surface area contributed by atoms with Gasteiger partial charge in [0.05, 0.1) is 0 Å². The molecule has 56 valence electrons. The predicted octanol–water partition coefficient (Wildman–Crippen LogP) is 2.92. The summed E-state index contributed by atoms with van der Waals surface area (Å²) >= 11 is 1.67. The molecule has 0 saturated heterocycles. The third-order valence-electron chi connectivity index (χ3n) is 1.75. The van der Waals surface area contributed by atoms with Gasteiger partial charge >= 0.3 is 0 Å². The molecule has 0 atom stereocenters. The van der Waals surface area contributed by atoms with Crippen molar-refractivity contribution < 1.29 is 5.11 Å². The first-order valence-electron chi connectivity index (χ1n) is 3.44. The van der Waals surface area contributed by atoms with Gasteiger partial charge in [-0.15, -0.1) is 11.3 Å². The van der Waals surface area contributed by atoms with E-state index < -0.39 is 0 Å². The Morgan fingerprint density at radius 3 is 3.00 bits per heavy atom. The van der Waals surface area contributed by atoms with Crippen LogP contribution in [0.15, 0.2) is 23.6 Å². The SMILES string of the molecule is Cc1csc2cc(O)ccc12. The second-order valence-corrected chi connectivity index (χ2v) is 3.51. The van der Waals surface area contributed by atoms with E-state index in [9.17, 15) is 0 Å². The summed E-state index contributed by atoms with van der Waals surface area (Å²) in [6.07, 6.45) is 0. The van der Waals surface area contributed by atoms with Crippen LogP contribution in [-0.2, 0) is 0 Å². The van der Waals surface area contributed by atoms with Crippen molar-refractivity contribution in [3.05, 3.63) is 29.1 Å². The summed E-state index contributed by atoms with van der Waals surface area (Å²) in [6, 6.07) is 5.48. The number of phenols is 1. The molecule has 11 heavy (non-hydrogen) atoms. The van der Waals surface area contributed by atoms with Crippen molar-refractivity contribution in [2.45, 2.75) is 6.92 Å². The maximum absolute atomic E-state index is 9.15. The Kier molecular flexibility index (Phi) is 1.36. The van der Waals surface area contributed by atoms with Crippen molar-refractivity contribution in [3.63, 3.8) is 0 Å². The van der Waals surface area contributed by atoms with Crippen LogP contribution in [0.5, 0.6) is 5.75 Å². The number of aromatic hydroxyl groups is 1. The van der Waals surface area contributed by atoms with Crippen LogP contribution in [0.25, 0.3) is 10.1 Å². The van der Waals surface area contributed by atoms with Crippen LogP contribution in [-0.4, -0.2) is 5.11 Å². The number of phenolic OH excluding ortho intramolecular Hbond substituents is 1. The second kappa shape index (κ2) is 2.24. The zero-order valence-corrected chi connectivity index (χ0v) is 6.98. The van der Waals surface area contributed by atoms with Crippen molar-refractivity contribution in [2.75, 3.05) is 0 Å².